The van der Waals surface area contributed by atoms with Crippen LogP contribution in [0.3, 0.4) is 0 Å². The third kappa shape index (κ3) is 2.13. The Hall–Kier alpha value is -1.32. The van der Waals surface area contributed by atoms with Gasteiger partial charge in [-0.25, -0.2) is 0 Å². The summed E-state index contributed by atoms with van der Waals surface area (Å²) in [7, 11) is 2.47. The van der Waals surface area contributed by atoms with Gasteiger partial charge in [0.25, 0.3) is 0 Å². The Kier molecular flexibility index (Phi) is 3.16. The molecule has 0 aliphatic heterocycles. The van der Waals surface area contributed by atoms with E-state index >= 15 is 0 Å². The minimum Gasteiger partial charge on any atom is -0.468 e. The van der Waals surface area contributed by atoms with Crippen LogP contribution in [0.15, 0.2) is 12.1 Å². The van der Waals surface area contributed by atoms with Crippen LogP contribution in [0.25, 0.3) is 0 Å². The van der Waals surface area contributed by atoms with Crippen molar-refractivity contribution in [2.24, 2.45) is 11.8 Å². The lowest BCUT2D eigenvalue weighted by Gasteiger charge is -2.17. The second-order valence-electron chi connectivity index (χ2n) is 3.10. The molecule has 1 aliphatic carbocycles. The largest absolute Gasteiger partial charge is 0.468 e. The molecular formula is C10H14O4. The first kappa shape index (κ1) is 9.24. The summed E-state index contributed by atoms with van der Waals surface area (Å²) < 4.78 is 16.5. The van der Waals surface area contributed by atoms with Gasteiger partial charge in [0.15, 0.2) is 5.92 Å². The van der Waals surface area contributed by atoms with Gasteiger partial charge >= 0.3 is 11.9 Å². The molecule has 0 bridgehead atoms. The lowest BCUT2D eigenvalue weighted by molar-refractivity contribution is -0.160. The third-order valence-electron chi connectivity index (χ3n) is 2.29. The summed E-state index contributed by atoms with van der Waals surface area (Å²) in [6.45, 7) is 0. The second kappa shape index (κ2) is 4.79. The van der Waals surface area contributed by atoms with E-state index < -0.39 is 17.9 Å². The maximum atomic E-state index is 11.4. The van der Waals surface area contributed by atoms with Crippen molar-refractivity contribution in [3.05, 3.63) is 12.1 Å². The standard InChI is InChI=1S/C10H14O4/c1-13-9(11)8(10(12)14-2)7-5-3-4-6-7/h3,5,7-8H,4,6H2,1-2H3/t7-/m0/s1/i3D. The molecule has 0 aromatic rings. The van der Waals surface area contributed by atoms with E-state index in [4.69, 9.17) is 1.37 Å². The van der Waals surface area contributed by atoms with Crippen LogP contribution in [0.5, 0.6) is 0 Å². The molecule has 0 spiro atoms. The van der Waals surface area contributed by atoms with Gasteiger partial charge in [-0.2, -0.15) is 0 Å². The van der Waals surface area contributed by atoms with Gasteiger partial charge in [0.1, 0.15) is 0 Å². The van der Waals surface area contributed by atoms with Gasteiger partial charge in [0.05, 0.1) is 15.6 Å². The Balaban J connectivity index is 2.81. The van der Waals surface area contributed by atoms with E-state index in [0.717, 1.165) is 0 Å². The summed E-state index contributed by atoms with van der Waals surface area (Å²) in [4.78, 5) is 22.8. The van der Waals surface area contributed by atoms with E-state index in [2.05, 4.69) is 9.47 Å². The van der Waals surface area contributed by atoms with Crippen molar-refractivity contribution in [2.75, 3.05) is 14.2 Å². The van der Waals surface area contributed by atoms with Gasteiger partial charge in [-0.15, -0.1) is 0 Å². The predicted octanol–water partition coefficient (Wildman–Crippen LogP) is 0.915. The third-order valence-corrected chi connectivity index (χ3v) is 2.29. The highest BCUT2D eigenvalue weighted by atomic mass is 16.5. The molecule has 0 fully saturated rings. The Labute approximate surface area is 84.3 Å². The molecule has 0 unspecified atom stereocenters. The second-order valence-corrected chi connectivity index (χ2v) is 3.10. The summed E-state index contributed by atoms with van der Waals surface area (Å²) in [5, 5.41) is 0. The number of ether oxygens (including phenoxy) is 2. The summed E-state index contributed by atoms with van der Waals surface area (Å²) in [6, 6.07) is 0.456. The fourth-order valence-electron chi connectivity index (χ4n) is 1.53. The molecule has 1 atom stereocenters. The van der Waals surface area contributed by atoms with Gasteiger partial charge in [-0.1, -0.05) is 12.1 Å². The average molecular weight is 199 g/mol. The Morgan fingerprint density at radius 1 is 1.43 bits per heavy atom. The number of allylic oxidation sites excluding steroid dienone is 2. The van der Waals surface area contributed by atoms with Gasteiger partial charge in [-0.3, -0.25) is 9.59 Å². The zero-order chi connectivity index (χ0) is 11.4. The van der Waals surface area contributed by atoms with Crippen molar-refractivity contribution >= 4 is 11.9 Å². The van der Waals surface area contributed by atoms with Crippen LogP contribution in [-0.4, -0.2) is 26.2 Å². The zero-order valence-electron chi connectivity index (χ0n) is 9.28. The molecule has 0 N–H and O–H groups in total. The maximum absolute atomic E-state index is 11.4. The Morgan fingerprint density at radius 3 is 2.36 bits per heavy atom. The number of carbonyl (C=O) groups is 2. The molecule has 0 saturated heterocycles. The first-order chi connectivity index (χ1) is 7.10. The number of methoxy groups -OCH3 is 2. The van der Waals surface area contributed by atoms with Crippen molar-refractivity contribution in [1.29, 1.82) is 0 Å². The lowest BCUT2D eigenvalue weighted by atomic mass is 9.92. The molecular weight excluding hydrogens is 184 g/mol. The van der Waals surface area contributed by atoms with E-state index in [-0.39, 0.29) is 5.92 Å². The number of hydrogen-bond acceptors (Lipinski definition) is 4. The van der Waals surface area contributed by atoms with Crippen molar-refractivity contribution in [3.63, 3.8) is 0 Å². The van der Waals surface area contributed by atoms with Crippen LogP contribution < -0.4 is 0 Å². The fourth-order valence-corrected chi connectivity index (χ4v) is 1.53. The van der Waals surface area contributed by atoms with Gasteiger partial charge in [0.2, 0.25) is 0 Å². The normalized spacial score (nSPS) is 21.5. The molecule has 0 saturated carbocycles. The molecule has 4 heteroatoms. The van der Waals surface area contributed by atoms with Crippen molar-refractivity contribution in [1.82, 2.24) is 0 Å². The van der Waals surface area contributed by atoms with Gasteiger partial charge in [0, 0.05) is 5.92 Å². The van der Waals surface area contributed by atoms with Gasteiger partial charge in [-0.05, 0) is 12.8 Å². The van der Waals surface area contributed by atoms with Crippen molar-refractivity contribution < 1.29 is 20.4 Å². The molecule has 0 aromatic carbocycles. The quantitative estimate of drug-likeness (QED) is 0.385. The summed E-state index contributed by atoms with van der Waals surface area (Å²) in [6.07, 6.45) is 2.83. The smallest absolute Gasteiger partial charge is 0.320 e. The number of esters is 2. The molecule has 78 valence electrons. The van der Waals surface area contributed by atoms with Gasteiger partial charge < -0.3 is 9.47 Å². The first-order valence-corrected chi connectivity index (χ1v) is 4.43. The molecule has 14 heavy (non-hydrogen) atoms. The van der Waals surface area contributed by atoms with E-state index in [1.54, 1.807) is 6.08 Å². The number of carbonyl (C=O) groups excluding carboxylic acids is 2. The molecule has 4 nitrogen and oxygen atoms in total. The topological polar surface area (TPSA) is 52.6 Å². The first-order valence-electron chi connectivity index (χ1n) is 4.93. The highest BCUT2D eigenvalue weighted by Crippen LogP contribution is 2.27. The zero-order valence-corrected chi connectivity index (χ0v) is 8.28. The maximum Gasteiger partial charge on any atom is 0.320 e. The van der Waals surface area contributed by atoms with E-state index in [1.807, 2.05) is 0 Å². The number of hydrogen-bond donors (Lipinski definition) is 0. The van der Waals surface area contributed by atoms with Crippen LogP contribution in [0.1, 0.15) is 14.2 Å². The van der Waals surface area contributed by atoms with Crippen molar-refractivity contribution in [3.8, 4) is 0 Å². The Morgan fingerprint density at radius 2 is 2.00 bits per heavy atom. The molecule has 0 amide bonds. The minimum absolute atomic E-state index is 0.266. The molecule has 0 radical (unpaired) electrons. The highest BCUT2D eigenvalue weighted by molar-refractivity contribution is 5.95. The molecule has 1 rings (SSSR count). The SMILES string of the molecule is [2H]C1=C[C@H](C(C(=O)OC)C(=O)OC)CC1. The molecule has 0 aromatic heterocycles. The van der Waals surface area contributed by atoms with E-state index in [0.29, 0.717) is 18.9 Å². The van der Waals surface area contributed by atoms with Crippen molar-refractivity contribution in [2.45, 2.75) is 12.8 Å². The summed E-state index contributed by atoms with van der Waals surface area (Å²) in [5.74, 6) is -2.39. The van der Waals surface area contributed by atoms with E-state index in [1.165, 1.54) is 14.2 Å². The monoisotopic (exact) mass is 199 g/mol. The summed E-state index contributed by atoms with van der Waals surface area (Å²) in [5.41, 5.74) is 0. The van der Waals surface area contributed by atoms with Crippen LogP contribution >= 0.6 is 0 Å². The van der Waals surface area contributed by atoms with Crippen LogP contribution in [-0.2, 0) is 19.1 Å². The highest BCUT2D eigenvalue weighted by Gasteiger charge is 2.36. The fraction of sp³-hybridized carbons (Fsp3) is 0.600. The van der Waals surface area contributed by atoms with Crippen LogP contribution in [0.4, 0.5) is 0 Å². The molecule has 1 aliphatic rings. The minimum atomic E-state index is -0.928. The van der Waals surface area contributed by atoms with Crippen LogP contribution in [0, 0.1) is 11.8 Å². The van der Waals surface area contributed by atoms with E-state index in [9.17, 15) is 9.59 Å². The van der Waals surface area contributed by atoms with Crippen LogP contribution in [0.2, 0.25) is 0 Å². The Bertz CT molecular complexity index is 282. The average Bonchev–Trinajstić information content (AvgIpc) is 2.64. The number of rotatable bonds is 3. The molecule has 0 heterocycles. The summed E-state index contributed by atoms with van der Waals surface area (Å²) >= 11 is 0. The lowest BCUT2D eigenvalue weighted by Crippen LogP contribution is -2.31. The predicted molar refractivity (Wildman–Crippen MR) is 49.4 cm³/mol.